The second kappa shape index (κ2) is 6.25. The molecule has 126 valence electrons. The molecule has 4 rings (SSSR count). The second-order valence-corrected chi connectivity index (χ2v) is 7.61. The Labute approximate surface area is 147 Å². The highest BCUT2D eigenvalue weighted by atomic mass is 35.5. The topological polar surface area (TPSA) is 46.9 Å². The predicted molar refractivity (Wildman–Crippen MR) is 93.6 cm³/mol. The number of hydrogen-bond acceptors (Lipinski definition) is 2. The summed E-state index contributed by atoms with van der Waals surface area (Å²) in [7, 11) is 1.95. The van der Waals surface area contributed by atoms with E-state index in [4.69, 9.17) is 11.6 Å². The number of nitrogens with zero attached hydrogens (tertiary/aromatic N) is 2. The van der Waals surface area contributed by atoms with Gasteiger partial charge in [-0.1, -0.05) is 30.2 Å². The molecule has 1 aromatic carbocycles. The van der Waals surface area contributed by atoms with Crippen LogP contribution in [-0.2, 0) is 11.8 Å². The average Bonchev–Trinajstić information content (AvgIpc) is 3.30. The highest BCUT2D eigenvalue weighted by Gasteiger charge is 2.43. The van der Waals surface area contributed by atoms with Crippen LogP contribution in [0.15, 0.2) is 36.7 Å². The van der Waals surface area contributed by atoms with Crippen LogP contribution in [0.5, 0.6) is 0 Å². The van der Waals surface area contributed by atoms with Crippen molar-refractivity contribution in [1.82, 2.24) is 14.9 Å². The Morgan fingerprint density at radius 3 is 2.67 bits per heavy atom. The van der Waals surface area contributed by atoms with Crippen LogP contribution in [-0.4, -0.2) is 15.5 Å². The van der Waals surface area contributed by atoms with Crippen molar-refractivity contribution in [2.24, 2.45) is 24.8 Å². The Morgan fingerprint density at radius 1 is 1.29 bits per heavy atom. The van der Waals surface area contributed by atoms with E-state index in [0.717, 1.165) is 23.7 Å². The first-order valence-electron chi connectivity index (χ1n) is 8.65. The molecule has 0 spiro atoms. The van der Waals surface area contributed by atoms with Crippen molar-refractivity contribution in [2.75, 3.05) is 0 Å². The maximum atomic E-state index is 12.9. The fraction of sp³-hybridized carbons (Fsp3) is 0.474. The molecule has 2 saturated carbocycles. The lowest BCUT2D eigenvalue weighted by Crippen LogP contribution is -2.37. The summed E-state index contributed by atoms with van der Waals surface area (Å²) in [5.74, 6) is 2.51. The molecule has 0 radical (unpaired) electrons. The maximum Gasteiger partial charge on any atom is 0.224 e. The molecule has 1 aromatic heterocycles. The monoisotopic (exact) mass is 343 g/mol. The minimum atomic E-state index is -0.242. The van der Waals surface area contributed by atoms with E-state index in [-0.39, 0.29) is 17.9 Å². The largest absolute Gasteiger partial charge is 0.342 e. The van der Waals surface area contributed by atoms with Gasteiger partial charge in [-0.05, 0) is 48.8 Å². The summed E-state index contributed by atoms with van der Waals surface area (Å²) < 4.78 is 1.96. The number of rotatable bonds is 4. The van der Waals surface area contributed by atoms with Gasteiger partial charge in [0, 0.05) is 30.4 Å². The van der Waals surface area contributed by atoms with Crippen molar-refractivity contribution in [3.63, 3.8) is 0 Å². The third-order valence-corrected chi connectivity index (χ3v) is 5.93. The molecule has 1 heterocycles. The van der Waals surface area contributed by atoms with Gasteiger partial charge in [0.1, 0.15) is 11.9 Å². The summed E-state index contributed by atoms with van der Waals surface area (Å²) >= 11 is 6.02. The zero-order valence-electron chi connectivity index (χ0n) is 13.8. The van der Waals surface area contributed by atoms with Crippen LogP contribution in [0.2, 0.25) is 5.02 Å². The average molecular weight is 344 g/mol. The number of hydrogen-bond donors (Lipinski definition) is 1. The smallest absolute Gasteiger partial charge is 0.224 e. The summed E-state index contributed by atoms with van der Waals surface area (Å²) in [6.07, 6.45) is 8.45. The number of halogens is 1. The molecule has 2 aromatic rings. The van der Waals surface area contributed by atoms with Crippen LogP contribution in [0.3, 0.4) is 0 Å². The molecule has 0 aliphatic heterocycles. The standard InChI is InChI=1S/C19H22ClN3O/c1-23-9-8-21-18(23)17(13-4-6-15(20)7-5-13)22-19(24)16-11-12-2-3-14(16)10-12/h4-9,12,14,16-17H,2-3,10-11H2,1H3,(H,22,24). The van der Waals surface area contributed by atoms with Crippen molar-refractivity contribution < 1.29 is 4.79 Å². The van der Waals surface area contributed by atoms with E-state index in [2.05, 4.69) is 10.3 Å². The maximum absolute atomic E-state index is 12.9. The number of imidazole rings is 1. The van der Waals surface area contributed by atoms with Crippen molar-refractivity contribution >= 4 is 17.5 Å². The molecule has 2 aliphatic rings. The number of carbonyl (C=O) groups is 1. The number of fused-ring (bicyclic) bond motifs is 2. The van der Waals surface area contributed by atoms with Gasteiger partial charge in [-0.2, -0.15) is 0 Å². The highest BCUT2D eigenvalue weighted by Crippen LogP contribution is 2.48. The Hall–Kier alpha value is -1.81. The third kappa shape index (κ3) is 2.84. The van der Waals surface area contributed by atoms with Gasteiger partial charge < -0.3 is 9.88 Å². The predicted octanol–water partition coefficient (Wildman–Crippen LogP) is 3.72. The van der Waals surface area contributed by atoms with E-state index in [1.807, 2.05) is 42.1 Å². The van der Waals surface area contributed by atoms with Gasteiger partial charge in [-0.3, -0.25) is 4.79 Å². The molecule has 0 saturated heterocycles. The number of amides is 1. The van der Waals surface area contributed by atoms with Crippen LogP contribution >= 0.6 is 11.6 Å². The fourth-order valence-electron chi connectivity index (χ4n) is 4.42. The van der Waals surface area contributed by atoms with Gasteiger partial charge in [0.25, 0.3) is 0 Å². The van der Waals surface area contributed by atoms with Crippen LogP contribution in [0.25, 0.3) is 0 Å². The van der Waals surface area contributed by atoms with E-state index in [9.17, 15) is 4.79 Å². The molecule has 4 unspecified atom stereocenters. The number of aromatic nitrogens is 2. The molecule has 4 atom stereocenters. The third-order valence-electron chi connectivity index (χ3n) is 5.68. The van der Waals surface area contributed by atoms with E-state index in [0.29, 0.717) is 10.9 Å². The number of benzene rings is 1. The summed E-state index contributed by atoms with van der Waals surface area (Å²) in [6.45, 7) is 0. The van der Waals surface area contributed by atoms with E-state index in [1.165, 1.54) is 19.3 Å². The summed E-state index contributed by atoms with van der Waals surface area (Å²) in [5.41, 5.74) is 1.00. The zero-order valence-corrected chi connectivity index (χ0v) is 14.5. The van der Waals surface area contributed by atoms with Gasteiger partial charge in [0.2, 0.25) is 5.91 Å². The molecule has 2 aliphatic carbocycles. The van der Waals surface area contributed by atoms with Gasteiger partial charge in [0.05, 0.1) is 0 Å². The zero-order chi connectivity index (χ0) is 16.7. The molecule has 24 heavy (non-hydrogen) atoms. The van der Waals surface area contributed by atoms with Crippen LogP contribution in [0.1, 0.15) is 43.1 Å². The Morgan fingerprint density at radius 2 is 2.08 bits per heavy atom. The lowest BCUT2D eigenvalue weighted by molar-refractivity contribution is -0.127. The molecule has 4 nitrogen and oxygen atoms in total. The van der Waals surface area contributed by atoms with Crippen molar-refractivity contribution in [3.8, 4) is 0 Å². The summed E-state index contributed by atoms with van der Waals surface area (Å²) in [6, 6.07) is 7.40. The first-order valence-corrected chi connectivity index (χ1v) is 9.02. The number of aryl methyl sites for hydroxylation is 1. The quantitative estimate of drug-likeness (QED) is 0.919. The fourth-order valence-corrected chi connectivity index (χ4v) is 4.55. The molecule has 2 fully saturated rings. The minimum absolute atomic E-state index is 0.166. The molecule has 1 N–H and O–H groups in total. The molecular formula is C19H22ClN3O. The lowest BCUT2D eigenvalue weighted by Gasteiger charge is -2.25. The first kappa shape index (κ1) is 15.7. The molecular weight excluding hydrogens is 322 g/mol. The molecule has 1 amide bonds. The van der Waals surface area contributed by atoms with Crippen molar-refractivity contribution in [2.45, 2.75) is 31.7 Å². The van der Waals surface area contributed by atoms with Gasteiger partial charge in [-0.25, -0.2) is 4.98 Å². The van der Waals surface area contributed by atoms with Gasteiger partial charge >= 0.3 is 0 Å². The van der Waals surface area contributed by atoms with Crippen LogP contribution in [0, 0.1) is 17.8 Å². The summed E-state index contributed by atoms with van der Waals surface area (Å²) in [5, 5.41) is 3.95. The first-order chi connectivity index (χ1) is 11.6. The van der Waals surface area contributed by atoms with Gasteiger partial charge in [-0.15, -0.1) is 0 Å². The molecule has 5 heteroatoms. The minimum Gasteiger partial charge on any atom is -0.342 e. The summed E-state index contributed by atoms with van der Waals surface area (Å²) in [4.78, 5) is 17.4. The normalized spacial score (nSPS) is 26.5. The Kier molecular flexibility index (Phi) is 4.09. The van der Waals surface area contributed by atoms with Crippen molar-refractivity contribution in [3.05, 3.63) is 53.1 Å². The van der Waals surface area contributed by atoms with Crippen LogP contribution < -0.4 is 5.32 Å². The number of carbonyl (C=O) groups excluding carboxylic acids is 1. The Balaban J connectivity index is 1.60. The SMILES string of the molecule is Cn1ccnc1C(NC(=O)C1CC2CCC1C2)c1ccc(Cl)cc1. The lowest BCUT2D eigenvalue weighted by atomic mass is 9.88. The highest BCUT2D eigenvalue weighted by molar-refractivity contribution is 6.30. The van der Waals surface area contributed by atoms with E-state index in [1.54, 1.807) is 6.20 Å². The van der Waals surface area contributed by atoms with Gasteiger partial charge in [0.15, 0.2) is 0 Å². The van der Waals surface area contributed by atoms with Crippen molar-refractivity contribution in [1.29, 1.82) is 0 Å². The van der Waals surface area contributed by atoms with Crippen LogP contribution in [0.4, 0.5) is 0 Å². The van der Waals surface area contributed by atoms with E-state index >= 15 is 0 Å². The second-order valence-electron chi connectivity index (χ2n) is 7.17. The molecule has 2 bridgehead atoms. The Bertz CT molecular complexity index is 739. The number of nitrogens with one attached hydrogen (secondary N) is 1. The van der Waals surface area contributed by atoms with E-state index < -0.39 is 0 Å².